The zero-order chi connectivity index (χ0) is 28.6. The molecule has 206 valence electrons. The zero-order valence-corrected chi connectivity index (χ0v) is 21.6. The van der Waals surface area contributed by atoms with E-state index in [-0.39, 0.29) is 41.8 Å². The minimum absolute atomic E-state index is 0.0917. The van der Waals surface area contributed by atoms with Crippen molar-refractivity contribution in [2.24, 2.45) is 5.10 Å². The molecule has 13 heteroatoms. The molecule has 10 nitrogen and oxygen atoms in total. The minimum Gasteiger partial charge on any atom is -0.452 e. The lowest BCUT2D eigenvalue weighted by Crippen LogP contribution is -2.39. The summed E-state index contributed by atoms with van der Waals surface area (Å²) in [5.74, 6) is -2.04. The Hall–Kier alpha value is -5.07. The van der Waals surface area contributed by atoms with Gasteiger partial charge in [-0.3, -0.25) is 4.90 Å². The van der Waals surface area contributed by atoms with E-state index in [2.05, 4.69) is 15.1 Å². The SMILES string of the molecule is COC(=O)N(Cc1ccccc1F)c1c(N)nc(N2N=C(Cc3ccccc3F)C3C2=CC(F)=CN3C)nc1N. The van der Waals surface area contributed by atoms with Crippen molar-refractivity contribution in [3.63, 3.8) is 0 Å². The van der Waals surface area contributed by atoms with Gasteiger partial charge in [-0.25, -0.2) is 23.0 Å². The summed E-state index contributed by atoms with van der Waals surface area (Å²) in [6, 6.07) is 11.6. The molecular weight excluding hydrogens is 525 g/mol. The van der Waals surface area contributed by atoms with E-state index in [0.29, 0.717) is 17.0 Å². The number of amides is 1. The molecule has 0 aliphatic carbocycles. The van der Waals surface area contributed by atoms with Crippen LogP contribution < -0.4 is 21.4 Å². The van der Waals surface area contributed by atoms with Crippen LogP contribution in [-0.2, 0) is 17.7 Å². The second-order valence-corrected chi connectivity index (χ2v) is 9.11. The van der Waals surface area contributed by atoms with Crippen LogP contribution in [-0.4, -0.2) is 46.9 Å². The van der Waals surface area contributed by atoms with Gasteiger partial charge in [-0.15, -0.1) is 0 Å². The van der Waals surface area contributed by atoms with Crippen molar-refractivity contribution < 1.29 is 22.7 Å². The number of nitrogens with zero attached hydrogens (tertiary/aromatic N) is 6. The van der Waals surface area contributed by atoms with Crippen molar-refractivity contribution in [1.82, 2.24) is 14.9 Å². The fourth-order valence-corrected chi connectivity index (χ4v) is 4.68. The number of ether oxygens (including phenoxy) is 1. The molecule has 1 unspecified atom stereocenters. The van der Waals surface area contributed by atoms with Gasteiger partial charge in [-0.05, 0) is 23.8 Å². The Labute approximate surface area is 227 Å². The second-order valence-electron chi connectivity index (χ2n) is 9.11. The van der Waals surface area contributed by atoms with E-state index < -0.39 is 29.6 Å². The Morgan fingerprint density at radius 1 is 1.00 bits per heavy atom. The van der Waals surface area contributed by atoms with Gasteiger partial charge in [-0.1, -0.05) is 36.4 Å². The molecule has 5 rings (SSSR count). The molecule has 40 heavy (non-hydrogen) atoms. The van der Waals surface area contributed by atoms with E-state index in [1.165, 1.54) is 41.6 Å². The number of fused-ring (bicyclic) bond motifs is 1. The van der Waals surface area contributed by atoms with Gasteiger partial charge in [0.15, 0.2) is 11.6 Å². The molecule has 0 spiro atoms. The lowest BCUT2D eigenvalue weighted by atomic mass is 9.98. The van der Waals surface area contributed by atoms with Gasteiger partial charge in [-0.2, -0.15) is 15.1 Å². The molecule has 0 saturated heterocycles. The molecule has 1 aromatic heterocycles. The molecule has 0 saturated carbocycles. The number of likely N-dealkylation sites (N-methyl/N-ethyl adjacent to an activating group) is 1. The van der Waals surface area contributed by atoms with E-state index in [0.717, 1.165) is 12.0 Å². The number of nitrogens with two attached hydrogens (primary N) is 2. The van der Waals surface area contributed by atoms with Gasteiger partial charge < -0.3 is 21.1 Å². The van der Waals surface area contributed by atoms with Crippen molar-refractivity contribution in [3.05, 3.63) is 95.1 Å². The Balaban J connectivity index is 1.55. The largest absolute Gasteiger partial charge is 0.452 e. The summed E-state index contributed by atoms with van der Waals surface area (Å²) in [4.78, 5) is 23.9. The average molecular weight is 551 g/mol. The number of nitrogen functional groups attached to an aromatic ring is 2. The number of aromatic nitrogens is 2. The number of halogens is 3. The quantitative estimate of drug-likeness (QED) is 0.470. The number of carbonyl (C=O) groups excluding carboxylic acids is 1. The maximum Gasteiger partial charge on any atom is 0.414 e. The molecule has 4 N–H and O–H groups in total. The van der Waals surface area contributed by atoms with Crippen LogP contribution in [0.5, 0.6) is 0 Å². The lowest BCUT2D eigenvalue weighted by Gasteiger charge is -2.30. The van der Waals surface area contributed by atoms with Crippen LogP contribution >= 0.6 is 0 Å². The molecule has 1 atom stereocenters. The van der Waals surface area contributed by atoms with Gasteiger partial charge >= 0.3 is 6.09 Å². The second kappa shape index (κ2) is 10.6. The molecule has 0 bridgehead atoms. The first-order valence-electron chi connectivity index (χ1n) is 12.1. The van der Waals surface area contributed by atoms with Gasteiger partial charge in [0.2, 0.25) is 0 Å². The maximum absolute atomic E-state index is 14.5. The van der Waals surface area contributed by atoms with E-state index in [1.54, 1.807) is 36.2 Å². The highest BCUT2D eigenvalue weighted by Gasteiger charge is 2.39. The number of benzene rings is 2. The fourth-order valence-electron chi connectivity index (χ4n) is 4.68. The molecule has 3 heterocycles. The van der Waals surface area contributed by atoms with Crippen LogP contribution in [0, 0.1) is 11.6 Å². The third-order valence-electron chi connectivity index (χ3n) is 6.49. The smallest absolute Gasteiger partial charge is 0.414 e. The molecule has 2 aliphatic heterocycles. The standard InChI is InChI=1S/C27H25F3N8O2/c1-36-14-17(28)12-21-22(36)20(11-15-7-3-5-9-18(15)29)35-38(21)26-33-24(31)23(25(32)34-26)37(27(39)40-2)13-16-8-4-6-10-19(16)30/h3-10,12,14,22H,11,13H2,1-2H3,(H4,31,32,33,34). The van der Waals surface area contributed by atoms with Crippen LogP contribution in [0.2, 0.25) is 0 Å². The number of rotatable bonds is 6. The molecular formula is C27H25F3N8O2. The molecule has 2 aliphatic rings. The number of hydrazone groups is 1. The number of carbonyl (C=O) groups is 1. The summed E-state index contributed by atoms with van der Waals surface area (Å²) < 4.78 is 48.2. The third kappa shape index (κ3) is 4.88. The molecule has 0 radical (unpaired) electrons. The Morgan fingerprint density at radius 3 is 2.20 bits per heavy atom. The van der Waals surface area contributed by atoms with Gasteiger partial charge in [0, 0.05) is 25.2 Å². The predicted octanol–water partition coefficient (Wildman–Crippen LogP) is 4.12. The molecule has 1 amide bonds. The third-order valence-corrected chi connectivity index (χ3v) is 6.49. The van der Waals surface area contributed by atoms with Gasteiger partial charge in [0.05, 0.1) is 25.1 Å². The van der Waals surface area contributed by atoms with Crippen molar-refractivity contribution in [2.45, 2.75) is 19.0 Å². The summed E-state index contributed by atoms with van der Waals surface area (Å²) >= 11 is 0. The van der Waals surface area contributed by atoms with E-state index >= 15 is 0 Å². The summed E-state index contributed by atoms with van der Waals surface area (Å²) in [7, 11) is 2.82. The van der Waals surface area contributed by atoms with Crippen LogP contribution in [0.1, 0.15) is 11.1 Å². The Morgan fingerprint density at radius 2 is 1.60 bits per heavy atom. The maximum atomic E-state index is 14.5. The normalized spacial score (nSPS) is 16.2. The van der Waals surface area contributed by atoms with Gasteiger partial charge in [0.25, 0.3) is 5.95 Å². The lowest BCUT2D eigenvalue weighted by molar-refractivity contribution is 0.178. The van der Waals surface area contributed by atoms with Crippen LogP contribution in [0.3, 0.4) is 0 Å². The summed E-state index contributed by atoms with van der Waals surface area (Å²) in [6.07, 6.45) is 1.84. The molecule has 0 fully saturated rings. The fraction of sp³-hybridized carbons (Fsp3) is 0.185. The van der Waals surface area contributed by atoms with Crippen LogP contribution in [0.4, 0.5) is 41.2 Å². The van der Waals surface area contributed by atoms with Gasteiger partial charge in [0.1, 0.15) is 29.2 Å². The highest BCUT2D eigenvalue weighted by atomic mass is 19.1. The number of hydrogen-bond acceptors (Lipinski definition) is 9. The number of allylic oxidation sites excluding steroid dienone is 2. The van der Waals surface area contributed by atoms with Crippen molar-refractivity contribution >= 4 is 35.1 Å². The number of anilines is 4. The summed E-state index contributed by atoms with van der Waals surface area (Å²) in [5, 5.41) is 5.87. The highest BCUT2D eigenvalue weighted by molar-refractivity contribution is 5.99. The monoisotopic (exact) mass is 550 g/mol. The Kier molecular flexibility index (Phi) is 7.03. The van der Waals surface area contributed by atoms with E-state index in [4.69, 9.17) is 16.2 Å². The highest BCUT2D eigenvalue weighted by Crippen LogP contribution is 2.37. The Bertz CT molecular complexity index is 1550. The minimum atomic E-state index is -0.867. The van der Waals surface area contributed by atoms with Crippen molar-refractivity contribution in [1.29, 1.82) is 0 Å². The molecule has 2 aromatic carbocycles. The van der Waals surface area contributed by atoms with E-state index in [9.17, 15) is 18.0 Å². The summed E-state index contributed by atoms with van der Waals surface area (Å²) in [5.41, 5.74) is 13.9. The zero-order valence-electron chi connectivity index (χ0n) is 21.6. The summed E-state index contributed by atoms with van der Waals surface area (Å²) in [6.45, 7) is -0.265. The van der Waals surface area contributed by atoms with Crippen LogP contribution in [0.15, 0.2) is 77.4 Å². The first kappa shape index (κ1) is 26.5. The van der Waals surface area contributed by atoms with Crippen molar-refractivity contribution in [2.75, 3.05) is 35.5 Å². The topological polar surface area (TPSA) is 126 Å². The number of hydrogen-bond donors (Lipinski definition) is 2. The number of methoxy groups -OCH3 is 1. The first-order chi connectivity index (χ1) is 19.2. The van der Waals surface area contributed by atoms with Crippen molar-refractivity contribution in [3.8, 4) is 0 Å². The van der Waals surface area contributed by atoms with Crippen LogP contribution in [0.25, 0.3) is 0 Å². The average Bonchev–Trinajstić information content (AvgIpc) is 3.27. The first-order valence-corrected chi connectivity index (χ1v) is 12.1. The van der Waals surface area contributed by atoms with E-state index in [1.807, 2.05) is 0 Å². The molecule has 3 aromatic rings. The predicted molar refractivity (Wildman–Crippen MR) is 145 cm³/mol.